The minimum absolute atomic E-state index is 0.649. The Morgan fingerprint density at radius 1 is 1.44 bits per heavy atom. The minimum atomic E-state index is 0.649. The van der Waals surface area contributed by atoms with Crippen LogP contribution in [0.5, 0.6) is 0 Å². The third-order valence-corrected chi connectivity index (χ3v) is 3.06. The van der Waals surface area contributed by atoms with Crippen LogP contribution in [0.4, 0.5) is 5.00 Å². The van der Waals surface area contributed by atoms with Crippen molar-refractivity contribution >= 4 is 22.9 Å². The molecule has 0 saturated heterocycles. The van der Waals surface area contributed by atoms with E-state index in [0.29, 0.717) is 12.8 Å². The molecule has 82 valence electrons. The van der Waals surface area contributed by atoms with Gasteiger partial charge in [-0.15, -0.1) is 5.10 Å². The van der Waals surface area contributed by atoms with Crippen molar-refractivity contribution in [2.45, 2.75) is 13.3 Å². The van der Waals surface area contributed by atoms with Gasteiger partial charge in [-0.05, 0) is 18.1 Å². The van der Waals surface area contributed by atoms with Crippen molar-refractivity contribution in [2.24, 2.45) is 0 Å². The molecule has 4 nitrogen and oxygen atoms in total. The predicted molar refractivity (Wildman–Crippen MR) is 63.6 cm³/mol. The molecular formula is C11H11N3OS. The van der Waals surface area contributed by atoms with Crippen molar-refractivity contribution in [2.75, 3.05) is 5.32 Å². The van der Waals surface area contributed by atoms with Gasteiger partial charge in [-0.3, -0.25) is 4.79 Å². The van der Waals surface area contributed by atoms with Crippen molar-refractivity contribution in [3.63, 3.8) is 0 Å². The normalized spacial score (nSPS) is 10.1. The summed E-state index contributed by atoms with van der Waals surface area (Å²) in [4.78, 5) is 10.4. The third kappa shape index (κ3) is 2.25. The molecule has 0 aliphatic heterocycles. The summed E-state index contributed by atoms with van der Waals surface area (Å²) in [6, 6.07) is 8.11. The molecule has 1 N–H and O–H groups in total. The lowest BCUT2D eigenvalue weighted by atomic mass is 10.0. The zero-order chi connectivity index (χ0) is 11.4. The molecule has 0 atom stereocenters. The maximum Gasteiger partial charge on any atom is 0.212 e. The first kappa shape index (κ1) is 10.8. The van der Waals surface area contributed by atoms with Gasteiger partial charge in [0.15, 0.2) is 0 Å². The van der Waals surface area contributed by atoms with Crippen molar-refractivity contribution in [3.8, 4) is 0 Å². The molecule has 16 heavy (non-hydrogen) atoms. The number of carbonyl (C=O) groups is 1. The van der Waals surface area contributed by atoms with Gasteiger partial charge in [0.2, 0.25) is 6.41 Å². The number of aryl methyl sites for hydroxylation is 1. The average molecular weight is 233 g/mol. The molecule has 0 unspecified atom stereocenters. The molecule has 0 spiro atoms. The fraction of sp³-hybridized carbons (Fsp3) is 0.182. The van der Waals surface area contributed by atoms with Crippen LogP contribution in [0.2, 0.25) is 0 Å². The average Bonchev–Trinajstić information content (AvgIpc) is 2.70. The second kappa shape index (κ2) is 4.85. The van der Waals surface area contributed by atoms with Gasteiger partial charge in [-0.1, -0.05) is 28.8 Å². The van der Waals surface area contributed by atoms with Crippen LogP contribution in [0, 0.1) is 6.92 Å². The van der Waals surface area contributed by atoms with Gasteiger partial charge in [-0.25, -0.2) is 0 Å². The summed E-state index contributed by atoms with van der Waals surface area (Å²) < 4.78 is 3.84. The second-order valence-corrected chi connectivity index (χ2v) is 4.17. The highest BCUT2D eigenvalue weighted by Crippen LogP contribution is 2.21. The van der Waals surface area contributed by atoms with E-state index in [2.05, 4.69) is 34.0 Å². The Kier molecular flexibility index (Phi) is 3.26. The van der Waals surface area contributed by atoms with Crippen LogP contribution < -0.4 is 5.32 Å². The number of rotatable bonds is 4. The van der Waals surface area contributed by atoms with Gasteiger partial charge >= 0.3 is 0 Å². The first-order valence-corrected chi connectivity index (χ1v) is 5.64. The summed E-state index contributed by atoms with van der Waals surface area (Å²) in [7, 11) is 0. The Bertz CT molecular complexity index is 495. The van der Waals surface area contributed by atoms with Crippen LogP contribution in [0.3, 0.4) is 0 Å². The Morgan fingerprint density at radius 3 is 3.00 bits per heavy atom. The SMILES string of the molecule is Cc1ccccc1Cc1nnsc1NC=O. The van der Waals surface area contributed by atoms with Crippen LogP contribution in [0.15, 0.2) is 24.3 Å². The molecule has 5 heteroatoms. The molecule has 0 aliphatic rings. The fourth-order valence-corrected chi connectivity index (χ4v) is 2.02. The minimum Gasteiger partial charge on any atom is -0.317 e. The van der Waals surface area contributed by atoms with Gasteiger partial charge in [0.1, 0.15) is 10.7 Å². The van der Waals surface area contributed by atoms with Crippen LogP contribution >= 0.6 is 11.5 Å². The number of nitrogens with zero attached hydrogens (tertiary/aromatic N) is 2. The van der Waals surface area contributed by atoms with Crippen molar-refractivity contribution in [1.29, 1.82) is 0 Å². The van der Waals surface area contributed by atoms with Gasteiger partial charge in [0, 0.05) is 18.0 Å². The second-order valence-electron chi connectivity index (χ2n) is 3.41. The van der Waals surface area contributed by atoms with E-state index in [1.165, 1.54) is 22.7 Å². The number of amides is 1. The van der Waals surface area contributed by atoms with Crippen LogP contribution in [0.25, 0.3) is 0 Å². The third-order valence-electron chi connectivity index (χ3n) is 2.36. The summed E-state index contributed by atoms with van der Waals surface area (Å²) in [6.07, 6.45) is 1.34. The predicted octanol–water partition coefficient (Wildman–Crippen LogP) is 2.01. The molecule has 0 saturated carbocycles. The first-order chi connectivity index (χ1) is 7.81. The zero-order valence-electron chi connectivity index (χ0n) is 8.80. The number of nitrogens with one attached hydrogen (secondary N) is 1. The van der Waals surface area contributed by atoms with E-state index in [0.717, 1.165) is 10.7 Å². The summed E-state index contributed by atoms with van der Waals surface area (Å²) in [5.74, 6) is 0. The van der Waals surface area contributed by atoms with E-state index >= 15 is 0 Å². The molecular weight excluding hydrogens is 222 g/mol. The number of hydrogen-bond donors (Lipinski definition) is 1. The highest BCUT2D eigenvalue weighted by atomic mass is 32.1. The molecule has 0 aliphatic carbocycles. The molecule has 1 heterocycles. The summed E-state index contributed by atoms with van der Waals surface area (Å²) in [6.45, 7) is 2.06. The summed E-state index contributed by atoms with van der Waals surface area (Å²) >= 11 is 1.20. The Balaban J connectivity index is 2.23. The molecule has 0 fully saturated rings. The highest BCUT2D eigenvalue weighted by Gasteiger charge is 2.09. The lowest BCUT2D eigenvalue weighted by molar-refractivity contribution is -0.105. The maximum atomic E-state index is 10.4. The summed E-state index contributed by atoms with van der Waals surface area (Å²) in [5, 5.41) is 7.35. The lowest BCUT2D eigenvalue weighted by Gasteiger charge is -2.03. The van der Waals surface area contributed by atoms with Gasteiger partial charge in [0.05, 0.1) is 0 Å². The largest absolute Gasteiger partial charge is 0.317 e. The standard InChI is InChI=1S/C11H11N3OS/c1-8-4-2-3-5-9(8)6-10-11(12-7-15)16-14-13-10/h2-5,7H,6H2,1H3,(H,12,15). The number of benzene rings is 1. The maximum absolute atomic E-state index is 10.4. The molecule has 0 bridgehead atoms. The number of hydrogen-bond acceptors (Lipinski definition) is 4. The van der Waals surface area contributed by atoms with Gasteiger partial charge in [0.25, 0.3) is 0 Å². The number of carbonyl (C=O) groups excluding carboxylic acids is 1. The van der Waals surface area contributed by atoms with Crippen molar-refractivity contribution in [1.82, 2.24) is 9.59 Å². The lowest BCUT2D eigenvalue weighted by Crippen LogP contribution is -1.98. The van der Waals surface area contributed by atoms with Gasteiger partial charge in [-0.2, -0.15) is 0 Å². The molecule has 2 rings (SSSR count). The molecule has 1 aromatic heterocycles. The monoisotopic (exact) mass is 233 g/mol. The van der Waals surface area contributed by atoms with E-state index < -0.39 is 0 Å². The number of anilines is 1. The molecule has 1 amide bonds. The van der Waals surface area contributed by atoms with Crippen molar-refractivity contribution < 1.29 is 4.79 Å². The first-order valence-electron chi connectivity index (χ1n) is 4.87. The molecule has 0 radical (unpaired) electrons. The zero-order valence-corrected chi connectivity index (χ0v) is 9.62. The summed E-state index contributed by atoms with van der Waals surface area (Å²) in [5.41, 5.74) is 3.23. The Morgan fingerprint density at radius 2 is 2.25 bits per heavy atom. The van der Waals surface area contributed by atoms with E-state index in [4.69, 9.17) is 0 Å². The van der Waals surface area contributed by atoms with Crippen LogP contribution in [0.1, 0.15) is 16.8 Å². The number of aromatic nitrogens is 2. The van der Waals surface area contributed by atoms with E-state index in [-0.39, 0.29) is 0 Å². The van der Waals surface area contributed by atoms with Crippen LogP contribution in [-0.4, -0.2) is 16.0 Å². The highest BCUT2D eigenvalue weighted by molar-refractivity contribution is 7.10. The fourth-order valence-electron chi connectivity index (χ4n) is 1.48. The molecule has 2 aromatic rings. The smallest absolute Gasteiger partial charge is 0.212 e. The molecule has 1 aromatic carbocycles. The van der Waals surface area contributed by atoms with Crippen molar-refractivity contribution in [3.05, 3.63) is 41.1 Å². The quantitative estimate of drug-likeness (QED) is 0.822. The van der Waals surface area contributed by atoms with Crippen LogP contribution in [-0.2, 0) is 11.2 Å². The van der Waals surface area contributed by atoms with E-state index in [1.807, 2.05) is 12.1 Å². The Labute approximate surface area is 97.5 Å². The van der Waals surface area contributed by atoms with E-state index in [9.17, 15) is 4.79 Å². The topological polar surface area (TPSA) is 54.9 Å². The Hall–Kier alpha value is -1.75. The van der Waals surface area contributed by atoms with E-state index in [1.54, 1.807) is 0 Å². The van der Waals surface area contributed by atoms with Gasteiger partial charge < -0.3 is 5.32 Å².